The van der Waals surface area contributed by atoms with E-state index < -0.39 is 17.8 Å². The van der Waals surface area contributed by atoms with Gasteiger partial charge in [-0.15, -0.1) is 5.10 Å². The summed E-state index contributed by atoms with van der Waals surface area (Å²) in [4.78, 5) is 14.8. The molecule has 1 aliphatic rings. The Hall–Kier alpha value is -2.93. The van der Waals surface area contributed by atoms with Crippen molar-refractivity contribution < 1.29 is 13.6 Å². The zero-order chi connectivity index (χ0) is 19.5. The summed E-state index contributed by atoms with van der Waals surface area (Å²) >= 11 is 6.07. The van der Waals surface area contributed by atoms with Crippen LogP contribution >= 0.6 is 11.6 Å². The van der Waals surface area contributed by atoms with Crippen molar-refractivity contribution in [2.75, 3.05) is 18.0 Å². The van der Waals surface area contributed by atoms with Crippen LogP contribution in [0.1, 0.15) is 40.7 Å². The van der Waals surface area contributed by atoms with Gasteiger partial charge >= 0.3 is 6.01 Å². The summed E-state index contributed by atoms with van der Waals surface area (Å²) in [6, 6.07) is 12.7. The third kappa shape index (κ3) is 3.84. The monoisotopic (exact) mass is 400 g/mol. The number of aromatic nitrogens is 2. The predicted octanol–water partition coefficient (Wildman–Crippen LogP) is 3.98. The fourth-order valence-corrected chi connectivity index (χ4v) is 3.40. The van der Waals surface area contributed by atoms with Crippen LogP contribution < -0.4 is 10.2 Å². The topological polar surface area (TPSA) is 71.3 Å². The molecule has 28 heavy (non-hydrogen) atoms. The van der Waals surface area contributed by atoms with E-state index in [1.807, 2.05) is 35.2 Å². The van der Waals surface area contributed by atoms with E-state index >= 15 is 0 Å². The second-order valence-electron chi connectivity index (χ2n) is 6.56. The normalized spacial score (nSPS) is 14.9. The van der Waals surface area contributed by atoms with E-state index in [-0.39, 0.29) is 16.5 Å². The Morgan fingerprint density at radius 3 is 2.64 bits per heavy atom. The van der Waals surface area contributed by atoms with E-state index in [1.165, 1.54) is 12.1 Å². The van der Waals surface area contributed by atoms with Crippen molar-refractivity contribution in [2.24, 2.45) is 0 Å². The highest BCUT2D eigenvalue weighted by Gasteiger charge is 2.26. The van der Waals surface area contributed by atoms with Crippen LogP contribution in [0.2, 0.25) is 5.02 Å². The fourth-order valence-electron chi connectivity index (χ4n) is 3.19. The predicted molar refractivity (Wildman–Crippen MR) is 103 cm³/mol. The van der Waals surface area contributed by atoms with Crippen LogP contribution in [-0.4, -0.2) is 29.2 Å². The van der Waals surface area contributed by atoms with Gasteiger partial charge in [-0.3, -0.25) is 4.79 Å². The second kappa shape index (κ2) is 7.98. The molecular formula is C20H18ClFN4O2. The van der Waals surface area contributed by atoms with Gasteiger partial charge in [0.1, 0.15) is 11.9 Å². The van der Waals surface area contributed by atoms with Crippen LogP contribution in [0.3, 0.4) is 0 Å². The molecule has 0 bridgehead atoms. The Labute approximate surface area is 166 Å². The number of halogens is 2. The summed E-state index contributed by atoms with van der Waals surface area (Å²) in [6.45, 7) is 1.73. The lowest BCUT2D eigenvalue weighted by Gasteiger charge is -2.17. The van der Waals surface area contributed by atoms with Gasteiger partial charge in [-0.25, -0.2) is 4.39 Å². The average Bonchev–Trinajstić information content (AvgIpc) is 3.40. The Bertz CT molecular complexity index is 973. The third-order valence-corrected chi connectivity index (χ3v) is 4.96. The molecule has 1 aliphatic heterocycles. The molecule has 3 aromatic rings. The van der Waals surface area contributed by atoms with Gasteiger partial charge in [0.15, 0.2) is 0 Å². The molecular weight excluding hydrogens is 383 g/mol. The van der Waals surface area contributed by atoms with E-state index in [1.54, 1.807) is 0 Å². The molecule has 2 heterocycles. The number of amides is 1. The fraction of sp³-hybridized carbons (Fsp3) is 0.250. The minimum atomic E-state index is -0.683. The largest absolute Gasteiger partial charge is 0.405 e. The summed E-state index contributed by atoms with van der Waals surface area (Å²) < 4.78 is 19.4. The van der Waals surface area contributed by atoms with E-state index in [4.69, 9.17) is 16.0 Å². The molecule has 1 fully saturated rings. The van der Waals surface area contributed by atoms with Crippen LogP contribution in [-0.2, 0) is 0 Å². The van der Waals surface area contributed by atoms with Gasteiger partial charge in [-0.1, -0.05) is 47.0 Å². The molecule has 0 radical (unpaired) electrons. The van der Waals surface area contributed by atoms with Gasteiger partial charge < -0.3 is 14.6 Å². The van der Waals surface area contributed by atoms with E-state index in [0.717, 1.165) is 37.6 Å². The lowest BCUT2D eigenvalue weighted by molar-refractivity contribution is 0.0937. The summed E-state index contributed by atoms with van der Waals surface area (Å²) in [5.74, 6) is -0.812. The third-order valence-electron chi connectivity index (χ3n) is 4.63. The number of nitrogens with zero attached hydrogens (tertiary/aromatic N) is 3. The first-order valence-electron chi connectivity index (χ1n) is 9.01. The highest BCUT2D eigenvalue weighted by molar-refractivity contribution is 6.33. The number of nitrogens with one attached hydrogen (secondary N) is 1. The Morgan fingerprint density at radius 1 is 1.14 bits per heavy atom. The maximum absolute atomic E-state index is 13.6. The molecule has 1 atom stereocenters. The molecule has 6 nitrogen and oxygen atoms in total. The first-order chi connectivity index (χ1) is 13.6. The summed E-state index contributed by atoms with van der Waals surface area (Å²) in [6.07, 6.45) is 2.16. The van der Waals surface area contributed by atoms with Gasteiger partial charge in [0.25, 0.3) is 5.91 Å². The summed E-state index contributed by atoms with van der Waals surface area (Å²) in [5.41, 5.74) is 0.807. The molecule has 4 rings (SSSR count). The smallest absolute Gasteiger partial charge is 0.318 e. The zero-order valence-corrected chi connectivity index (χ0v) is 15.7. The molecule has 0 aliphatic carbocycles. The summed E-state index contributed by atoms with van der Waals surface area (Å²) in [7, 11) is 0. The average molecular weight is 401 g/mol. The number of benzene rings is 2. The molecule has 0 spiro atoms. The molecule has 1 N–H and O–H groups in total. The Kier molecular flexibility index (Phi) is 5.25. The van der Waals surface area contributed by atoms with Gasteiger partial charge in [-0.2, -0.15) is 0 Å². The number of carbonyl (C=O) groups excluding carboxylic acids is 1. The molecule has 144 valence electrons. The molecule has 1 saturated heterocycles. The van der Waals surface area contributed by atoms with Crippen LogP contribution in [0.4, 0.5) is 10.4 Å². The maximum atomic E-state index is 13.6. The van der Waals surface area contributed by atoms with Crippen molar-refractivity contribution in [3.05, 3.63) is 76.4 Å². The standard InChI is InChI=1S/C20H18ClFN4O2/c21-16-9-8-14(22)12-15(16)18(27)23-17(13-6-2-1-3-7-13)19-24-25-20(28-19)26-10-4-5-11-26/h1-3,6-9,12,17H,4-5,10-11H2,(H,23,27). The number of hydrogen-bond acceptors (Lipinski definition) is 5. The highest BCUT2D eigenvalue weighted by atomic mass is 35.5. The van der Waals surface area contributed by atoms with Crippen molar-refractivity contribution in [1.82, 2.24) is 15.5 Å². The van der Waals surface area contributed by atoms with Crippen molar-refractivity contribution in [3.63, 3.8) is 0 Å². The number of anilines is 1. The zero-order valence-electron chi connectivity index (χ0n) is 14.9. The molecule has 8 heteroatoms. The highest BCUT2D eigenvalue weighted by Crippen LogP contribution is 2.26. The molecule has 1 unspecified atom stereocenters. The lowest BCUT2D eigenvalue weighted by atomic mass is 10.1. The number of hydrogen-bond donors (Lipinski definition) is 1. The van der Waals surface area contributed by atoms with Gasteiger partial charge in [0.2, 0.25) is 5.89 Å². The van der Waals surface area contributed by atoms with Crippen LogP contribution in [0.25, 0.3) is 0 Å². The first-order valence-corrected chi connectivity index (χ1v) is 9.39. The van der Waals surface area contributed by atoms with Crippen LogP contribution in [0.15, 0.2) is 52.9 Å². The van der Waals surface area contributed by atoms with Gasteiger partial charge in [-0.05, 0) is 36.6 Å². The number of carbonyl (C=O) groups is 1. The van der Waals surface area contributed by atoms with Crippen molar-refractivity contribution in [2.45, 2.75) is 18.9 Å². The van der Waals surface area contributed by atoms with E-state index in [0.29, 0.717) is 6.01 Å². The van der Waals surface area contributed by atoms with Gasteiger partial charge in [0, 0.05) is 13.1 Å². The van der Waals surface area contributed by atoms with E-state index in [9.17, 15) is 9.18 Å². The van der Waals surface area contributed by atoms with Gasteiger partial charge in [0.05, 0.1) is 10.6 Å². The summed E-state index contributed by atoms with van der Waals surface area (Å²) in [5, 5.41) is 11.3. The molecule has 1 amide bonds. The van der Waals surface area contributed by atoms with Crippen LogP contribution in [0, 0.1) is 5.82 Å². The number of rotatable bonds is 5. The quantitative estimate of drug-likeness (QED) is 0.701. The van der Waals surface area contributed by atoms with Crippen LogP contribution in [0.5, 0.6) is 0 Å². The van der Waals surface area contributed by atoms with Crippen molar-refractivity contribution in [3.8, 4) is 0 Å². The molecule has 2 aromatic carbocycles. The van der Waals surface area contributed by atoms with Crippen molar-refractivity contribution in [1.29, 1.82) is 0 Å². The second-order valence-corrected chi connectivity index (χ2v) is 6.97. The maximum Gasteiger partial charge on any atom is 0.318 e. The van der Waals surface area contributed by atoms with Crippen molar-refractivity contribution >= 4 is 23.5 Å². The van der Waals surface area contributed by atoms with E-state index in [2.05, 4.69) is 15.5 Å². The minimum Gasteiger partial charge on any atom is -0.405 e. The first kappa shape index (κ1) is 18.4. The Balaban J connectivity index is 1.65. The Morgan fingerprint density at radius 2 is 1.89 bits per heavy atom. The SMILES string of the molecule is O=C(NC(c1ccccc1)c1nnc(N2CCCC2)o1)c1cc(F)ccc1Cl. The minimum absolute atomic E-state index is 0.0434. The molecule has 0 saturated carbocycles. The lowest BCUT2D eigenvalue weighted by Crippen LogP contribution is -2.30. The molecule has 1 aromatic heterocycles.